The lowest BCUT2D eigenvalue weighted by Gasteiger charge is -2.17. The minimum atomic E-state index is -0.357. The Balaban J connectivity index is 2.07. The lowest BCUT2D eigenvalue weighted by Crippen LogP contribution is -2.22. The molecular weight excluding hydrogens is 285 g/mol. The monoisotopic (exact) mass is 305 g/mol. The first-order valence-corrected chi connectivity index (χ1v) is 7.60. The Hall–Kier alpha value is -1.38. The summed E-state index contributed by atoms with van der Waals surface area (Å²) in [4.78, 5) is 0. The van der Waals surface area contributed by atoms with E-state index in [-0.39, 0.29) is 10.8 Å². The van der Waals surface area contributed by atoms with Crippen molar-refractivity contribution >= 4 is 11.6 Å². The smallest absolute Gasteiger partial charge is 0.141 e. The third kappa shape index (κ3) is 4.83. The van der Waals surface area contributed by atoms with Crippen molar-refractivity contribution in [1.29, 1.82) is 0 Å². The van der Waals surface area contributed by atoms with Crippen LogP contribution in [0.3, 0.4) is 0 Å². The summed E-state index contributed by atoms with van der Waals surface area (Å²) in [6, 6.07) is 13.6. The van der Waals surface area contributed by atoms with Crippen LogP contribution >= 0.6 is 11.6 Å². The van der Waals surface area contributed by atoms with Crippen LogP contribution in [0.4, 0.5) is 4.39 Å². The molecule has 0 amide bonds. The van der Waals surface area contributed by atoms with Crippen molar-refractivity contribution in [1.82, 2.24) is 5.32 Å². The third-order valence-electron chi connectivity index (χ3n) is 3.65. The van der Waals surface area contributed by atoms with Crippen LogP contribution < -0.4 is 5.32 Å². The molecule has 1 nitrogen and oxygen atoms in total. The van der Waals surface area contributed by atoms with Crippen LogP contribution in [0, 0.1) is 18.7 Å². The second-order valence-corrected chi connectivity index (χ2v) is 5.97. The maximum atomic E-state index is 13.2. The highest BCUT2D eigenvalue weighted by Gasteiger charge is 2.11. The SMILES string of the molecule is CNCC(Cc1ccc(C)cc1)Cc1ccc(F)c(Cl)c1. The van der Waals surface area contributed by atoms with E-state index in [2.05, 4.69) is 36.5 Å². The van der Waals surface area contributed by atoms with Crippen LogP contribution in [0.5, 0.6) is 0 Å². The molecule has 3 heteroatoms. The number of benzene rings is 2. The first-order valence-electron chi connectivity index (χ1n) is 7.22. The molecule has 0 heterocycles. The van der Waals surface area contributed by atoms with Gasteiger partial charge in [-0.05, 0) is 62.5 Å². The molecule has 1 atom stereocenters. The number of hydrogen-bond donors (Lipinski definition) is 1. The molecule has 0 saturated heterocycles. The molecule has 1 unspecified atom stereocenters. The zero-order valence-corrected chi connectivity index (χ0v) is 13.3. The molecule has 2 aromatic rings. The van der Waals surface area contributed by atoms with Crippen molar-refractivity contribution in [3.8, 4) is 0 Å². The minimum Gasteiger partial charge on any atom is -0.319 e. The Morgan fingerprint density at radius 2 is 1.67 bits per heavy atom. The first kappa shape index (κ1) is 16.0. The topological polar surface area (TPSA) is 12.0 Å². The van der Waals surface area contributed by atoms with Gasteiger partial charge in [0.05, 0.1) is 5.02 Å². The highest BCUT2D eigenvalue weighted by Crippen LogP contribution is 2.20. The summed E-state index contributed by atoms with van der Waals surface area (Å²) in [7, 11) is 1.96. The molecule has 0 aliphatic rings. The van der Waals surface area contributed by atoms with Gasteiger partial charge >= 0.3 is 0 Å². The van der Waals surface area contributed by atoms with Crippen LogP contribution in [-0.4, -0.2) is 13.6 Å². The summed E-state index contributed by atoms with van der Waals surface area (Å²) in [6.45, 7) is 3.01. The van der Waals surface area contributed by atoms with E-state index in [1.165, 1.54) is 17.2 Å². The summed E-state index contributed by atoms with van der Waals surface area (Å²) in [5.74, 6) is 0.100. The van der Waals surface area contributed by atoms with Crippen LogP contribution in [0.1, 0.15) is 16.7 Å². The molecule has 0 radical (unpaired) electrons. The number of aryl methyl sites for hydroxylation is 1. The summed E-state index contributed by atoms with van der Waals surface area (Å²) < 4.78 is 13.2. The molecular formula is C18H21ClFN. The minimum absolute atomic E-state index is 0.200. The average Bonchev–Trinajstić information content (AvgIpc) is 2.46. The molecule has 0 aromatic heterocycles. The van der Waals surface area contributed by atoms with E-state index in [1.54, 1.807) is 6.07 Å². The molecule has 0 aliphatic heterocycles. The summed E-state index contributed by atoms with van der Waals surface area (Å²) in [5, 5.41) is 3.44. The predicted molar refractivity (Wildman–Crippen MR) is 87.4 cm³/mol. The van der Waals surface area contributed by atoms with Gasteiger partial charge in [-0.2, -0.15) is 0 Å². The second kappa shape index (κ2) is 7.58. The van der Waals surface area contributed by atoms with Gasteiger partial charge in [0.1, 0.15) is 5.82 Å². The van der Waals surface area contributed by atoms with Gasteiger partial charge in [0.25, 0.3) is 0 Å². The Morgan fingerprint density at radius 1 is 1.05 bits per heavy atom. The van der Waals surface area contributed by atoms with Crippen LogP contribution in [0.2, 0.25) is 5.02 Å². The number of halogens is 2. The summed E-state index contributed by atoms with van der Waals surface area (Å²) >= 11 is 5.86. The normalized spacial score (nSPS) is 12.4. The van der Waals surface area contributed by atoms with Crippen molar-refractivity contribution in [3.63, 3.8) is 0 Å². The van der Waals surface area contributed by atoms with Crippen molar-refractivity contribution in [2.45, 2.75) is 19.8 Å². The molecule has 0 aliphatic carbocycles. The van der Waals surface area contributed by atoms with Gasteiger partial charge in [0.2, 0.25) is 0 Å². The fourth-order valence-corrected chi connectivity index (χ4v) is 2.77. The van der Waals surface area contributed by atoms with E-state index in [4.69, 9.17) is 11.6 Å². The Kier molecular flexibility index (Phi) is 5.77. The van der Waals surface area contributed by atoms with Crippen LogP contribution in [0.25, 0.3) is 0 Å². The maximum Gasteiger partial charge on any atom is 0.141 e. The molecule has 0 saturated carbocycles. The predicted octanol–water partition coefficient (Wildman–Crippen LogP) is 4.41. The molecule has 0 spiro atoms. The summed E-state index contributed by atoms with van der Waals surface area (Å²) in [5.41, 5.74) is 3.68. The van der Waals surface area contributed by atoms with E-state index in [0.717, 1.165) is 24.9 Å². The number of hydrogen-bond acceptors (Lipinski definition) is 1. The maximum absolute atomic E-state index is 13.2. The van der Waals surface area contributed by atoms with Gasteiger partial charge in [-0.3, -0.25) is 0 Å². The zero-order valence-electron chi connectivity index (χ0n) is 12.5. The van der Waals surface area contributed by atoms with Gasteiger partial charge in [0.15, 0.2) is 0 Å². The van der Waals surface area contributed by atoms with Gasteiger partial charge < -0.3 is 5.32 Å². The summed E-state index contributed by atoms with van der Waals surface area (Å²) in [6.07, 6.45) is 1.88. The van der Waals surface area contributed by atoms with Gasteiger partial charge in [0, 0.05) is 0 Å². The Labute approximate surface area is 131 Å². The largest absolute Gasteiger partial charge is 0.319 e. The van der Waals surface area contributed by atoms with Crippen LogP contribution in [0.15, 0.2) is 42.5 Å². The molecule has 0 fully saturated rings. The molecule has 1 N–H and O–H groups in total. The fraction of sp³-hybridized carbons (Fsp3) is 0.333. The Bertz CT molecular complexity index is 580. The zero-order chi connectivity index (χ0) is 15.2. The third-order valence-corrected chi connectivity index (χ3v) is 3.94. The molecule has 21 heavy (non-hydrogen) atoms. The fourth-order valence-electron chi connectivity index (χ4n) is 2.56. The van der Waals surface area contributed by atoms with Gasteiger partial charge in [-0.15, -0.1) is 0 Å². The van der Waals surface area contributed by atoms with Crippen LogP contribution in [-0.2, 0) is 12.8 Å². The van der Waals surface area contributed by atoms with E-state index in [0.29, 0.717) is 5.92 Å². The second-order valence-electron chi connectivity index (χ2n) is 5.57. The van der Waals surface area contributed by atoms with E-state index >= 15 is 0 Å². The molecule has 112 valence electrons. The van der Waals surface area contributed by atoms with Gasteiger partial charge in [-0.25, -0.2) is 4.39 Å². The van der Waals surface area contributed by atoms with E-state index in [9.17, 15) is 4.39 Å². The standard InChI is InChI=1S/C18H21ClFN/c1-13-3-5-14(6-4-13)9-16(12-21-2)10-15-7-8-18(20)17(19)11-15/h3-8,11,16,21H,9-10,12H2,1-2H3. The van der Waals surface area contributed by atoms with E-state index < -0.39 is 0 Å². The lowest BCUT2D eigenvalue weighted by molar-refractivity contribution is 0.493. The number of rotatable bonds is 6. The van der Waals surface area contributed by atoms with Crippen molar-refractivity contribution in [3.05, 3.63) is 70.0 Å². The highest BCUT2D eigenvalue weighted by atomic mass is 35.5. The van der Waals surface area contributed by atoms with Crippen molar-refractivity contribution in [2.24, 2.45) is 5.92 Å². The quantitative estimate of drug-likeness (QED) is 0.833. The van der Waals surface area contributed by atoms with Crippen molar-refractivity contribution in [2.75, 3.05) is 13.6 Å². The average molecular weight is 306 g/mol. The van der Waals surface area contributed by atoms with Gasteiger partial charge in [-0.1, -0.05) is 47.5 Å². The Morgan fingerprint density at radius 3 is 2.29 bits per heavy atom. The number of nitrogens with one attached hydrogen (secondary N) is 1. The molecule has 2 aromatic carbocycles. The van der Waals surface area contributed by atoms with E-state index in [1.807, 2.05) is 13.1 Å². The highest BCUT2D eigenvalue weighted by molar-refractivity contribution is 6.30. The molecule has 0 bridgehead atoms. The molecule has 2 rings (SSSR count). The van der Waals surface area contributed by atoms with Crippen molar-refractivity contribution < 1.29 is 4.39 Å². The first-order chi connectivity index (χ1) is 10.1. The lowest BCUT2D eigenvalue weighted by atomic mass is 9.92.